The Kier molecular flexibility index (Phi) is 7.00. The predicted octanol–water partition coefficient (Wildman–Crippen LogP) is 1.37. The van der Waals surface area contributed by atoms with Crippen molar-refractivity contribution in [3.05, 3.63) is 16.1 Å². The second-order valence-corrected chi connectivity index (χ2v) is 5.13. The summed E-state index contributed by atoms with van der Waals surface area (Å²) in [6.07, 6.45) is 0.898. The van der Waals surface area contributed by atoms with Crippen molar-refractivity contribution in [2.24, 2.45) is 0 Å². The normalized spacial score (nSPS) is 10.2. The number of aromatic nitrogens is 1. The first-order chi connectivity index (χ1) is 9.60. The molecule has 7 heteroatoms. The topological polar surface area (TPSA) is 74.3 Å². The van der Waals surface area contributed by atoms with E-state index in [9.17, 15) is 9.59 Å². The van der Waals surface area contributed by atoms with E-state index in [0.29, 0.717) is 19.6 Å². The molecule has 112 valence electrons. The minimum atomic E-state index is -0.350. The molecule has 1 aromatic rings. The van der Waals surface area contributed by atoms with Crippen molar-refractivity contribution in [3.8, 4) is 0 Å². The Bertz CT molecular complexity index is 443. The van der Waals surface area contributed by atoms with Crippen molar-refractivity contribution in [2.45, 2.75) is 33.7 Å². The van der Waals surface area contributed by atoms with Gasteiger partial charge in [0, 0.05) is 18.5 Å². The lowest BCUT2D eigenvalue weighted by Crippen LogP contribution is -2.43. The monoisotopic (exact) mass is 298 g/mol. The molecule has 20 heavy (non-hydrogen) atoms. The van der Waals surface area contributed by atoms with E-state index >= 15 is 0 Å². The zero-order valence-electron chi connectivity index (χ0n) is 12.2. The molecule has 0 saturated carbocycles. The summed E-state index contributed by atoms with van der Waals surface area (Å²) < 4.78 is 0. The number of amides is 3. The molecule has 0 bridgehead atoms. The van der Waals surface area contributed by atoms with Gasteiger partial charge in [0.2, 0.25) is 5.91 Å². The molecule has 2 N–H and O–H groups in total. The maximum Gasteiger partial charge on any atom is 0.315 e. The lowest BCUT2D eigenvalue weighted by molar-refractivity contribution is -0.129. The Morgan fingerprint density at radius 1 is 1.25 bits per heavy atom. The van der Waals surface area contributed by atoms with E-state index < -0.39 is 0 Å². The number of hydrogen-bond acceptors (Lipinski definition) is 4. The van der Waals surface area contributed by atoms with Gasteiger partial charge in [-0.2, -0.15) is 0 Å². The fourth-order valence-electron chi connectivity index (χ4n) is 1.67. The number of nitrogens with zero attached hydrogens (tertiary/aromatic N) is 2. The van der Waals surface area contributed by atoms with Crippen LogP contribution in [-0.2, 0) is 17.8 Å². The van der Waals surface area contributed by atoms with Gasteiger partial charge >= 0.3 is 6.03 Å². The number of likely N-dealkylation sites (N-methyl/N-ethyl adjacent to an activating group) is 1. The van der Waals surface area contributed by atoms with Crippen LogP contribution in [0.5, 0.6) is 0 Å². The molecule has 0 aromatic carbocycles. The van der Waals surface area contributed by atoms with Crippen LogP contribution >= 0.6 is 11.3 Å². The van der Waals surface area contributed by atoms with Crippen molar-refractivity contribution in [3.63, 3.8) is 0 Å². The Balaban J connectivity index is 2.28. The number of urea groups is 1. The maximum absolute atomic E-state index is 11.7. The van der Waals surface area contributed by atoms with Gasteiger partial charge in [0.25, 0.3) is 0 Å². The van der Waals surface area contributed by atoms with Crippen molar-refractivity contribution >= 4 is 23.3 Å². The highest BCUT2D eigenvalue weighted by Crippen LogP contribution is 2.09. The Morgan fingerprint density at radius 2 is 1.95 bits per heavy atom. The second-order valence-electron chi connectivity index (χ2n) is 4.19. The smallest absolute Gasteiger partial charge is 0.315 e. The minimum Gasteiger partial charge on any atom is -0.342 e. The molecule has 0 aliphatic carbocycles. The highest BCUT2D eigenvalue weighted by atomic mass is 32.1. The SMILES string of the molecule is CCc1nc(CNC(=O)NCC(=O)N(CC)CC)cs1. The van der Waals surface area contributed by atoms with Crippen molar-refractivity contribution in [1.29, 1.82) is 0 Å². The molecule has 0 unspecified atom stereocenters. The number of rotatable bonds is 7. The van der Waals surface area contributed by atoms with E-state index in [1.807, 2.05) is 26.2 Å². The zero-order valence-corrected chi connectivity index (χ0v) is 13.0. The van der Waals surface area contributed by atoms with Gasteiger partial charge in [-0.15, -0.1) is 11.3 Å². The predicted molar refractivity (Wildman–Crippen MR) is 79.7 cm³/mol. The molecule has 0 aliphatic heterocycles. The van der Waals surface area contributed by atoms with E-state index in [4.69, 9.17) is 0 Å². The highest BCUT2D eigenvalue weighted by molar-refractivity contribution is 7.09. The summed E-state index contributed by atoms with van der Waals surface area (Å²) in [5.41, 5.74) is 0.845. The van der Waals surface area contributed by atoms with Gasteiger partial charge in [0.05, 0.1) is 23.8 Å². The molecule has 0 saturated heterocycles. The summed E-state index contributed by atoms with van der Waals surface area (Å²) in [5.74, 6) is -0.0768. The lowest BCUT2D eigenvalue weighted by Gasteiger charge is -2.18. The van der Waals surface area contributed by atoms with E-state index in [1.54, 1.807) is 16.2 Å². The Morgan fingerprint density at radius 3 is 2.50 bits per heavy atom. The molecule has 0 spiro atoms. The molecule has 1 rings (SSSR count). The van der Waals surface area contributed by atoms with Crippen molar-refractivity contribution in [1.82, 2.24) is 20.5 Å². The van der Waals surface area contributed by atoms with E-state index in [0.717, 1.165) is 17.1 Å². The van der Waals surface area contributed by atoms with Crippen LogP contribution in [0.2, 0.25) is 0 Å². The highest BCUT2D eigenvalue weighted by Gasteiger charge is 2.10. The van der Waals surface area contributed by atoms with Gasteiger partial charge in [-0.25, -0.2) is 9.78 Å². The third-order valence-electron chi connectivity index (χ3n) is 2.85. The second kappa shape index (κ2) is 8.52. The zero-order chi connectivity index (χ0) is 15.0. The van der Waals surface area contributed by atoms with Gasteiger partial charge < -0.3 is 15.5 Å². The number of aryl methyl sites for hydroxylation is 1. The summed E-state index contributed by atoms with van der Waals surface area (Å²) >= 11 is 1.59. The van der Waals surface area contributed by atoms with E-state index in [2.05, 4.69) is 15.6 Å². The third kappa shape index (κ3) is 5.16. The first-order valence-electron chi connectivity index (χ1n) is 6.83. The van der Waals surface area contributed by atoms with Crippen LogP contribution in [0.25, 0.3) is 0 Å². The minimum absolute atomic E-state index is 0.0186. The average Bonchev–Trinajstić information content (AvgIpc) is 2.92. The standard InChI is InChI=1S/C13H22N4O2S/c1-4-11-16-10(9-20-11)7-14-13(19)15-8-12(18)17(5-2)6-3/h9H,4-8H2,1-3H3,(H2,14,15,19). The molecular weight excluding hydrogens is 276 g/mol. The molecular formula is C13H22N4O2S. The molecule has 0 atom stereocenters. The summed E-state index contributed by atoms with van der Waals surface area (Å²) in [7, 11) is 0. The van der Waals surface area contributed by atoms with Crippen LogP contribution in [0.1, 0.15) is 31.5 Å². The van der Waals surface area contributed by atoms with Gasteiger partial charge in [0.15, 0.2) is 0 Å². The summed E-state index contributed by atoms with van der Waals surface area (Å²) in [4.78, 5) is 29.3. The molecule has 3 amide bonds. The summed E-state index contributed by atoms with van der Waals surface area (Å²) in [5, 5.41) is 8.23. The molecule has 0 radical (unpaired) electrons. The van der Waals surface area contributed by atoms with Crippen LogP contribution in [-0.4, -0.2) is 41.5 Å². The fraction of sp³-hybridized carbons (Fsp3) is 0.615. The average molecular weight is 298 g/mol. The van der Waals surface area contributed by atoms with Crippen LogP contribution in [0.4, 0.5) is 4.79 Å². The first kappa shape index (κ1) is 16.4. The van der Waals surface area contributed by atoms with E-state index in [1.165, 1.54) is 0 Å². The Hall–Kier alpha value is -1.63. The van der Waals surface area contributed by atoms with Crippen LogP contribution in [0.15, 0.2) is 5.38 Å². The van der Waals surface area contributed by atoms with Crippen LogP contribution in [0, 0.1) is 0 Å². The first-order valence-corrected chi connectivity index (χ1v) is 7.71. The van der Waals surface area contributed by atoms with Crippen molar-refractivity contribution < 1.29 is 9.59 Å². The van der Waals surface area contributed by atoms with Crippen LogP contribution < -0.4 is 10.6 Å². The van der Waals surface area contributed by atoms with E-state index in [-0.39, 0.29) is 18.5 Å². The Labute approximate surface area is 123 Å². The lowest BCUT2D eigenvalue weighted by atomic mass is 10.4. The number of nitrogens with one attached hydrogen (secondary N) is 2. The number of hydrogen-bond donors (Lipinski definition) is 2. The van der Waals surface area contributed by atoms with Gasteiger partial charge in [-0.1, -0.05) is 6.92 Å². The van der Waals surface area contributed by atoms with Gasteiger partial charge in [-0.05, 0) is 20.3 Å². The molecule has 0 fully saturated rings. The quantitative estimate of drug-likeness (QED) is 0.798. The van der Waals surface area contributed by atoms with Gasteiger partial charge in [0.1, 0.15) is 0 Å². The van der Waals surface area contributed by atoms with Crippen molar-refractivity contribution in [2.75, 3.05) is 19.6 Å². The molecule has 1 heterocycles. The third-order valence-corrected chi connectivity index (χ3v) is 3.89. The number of thiazole rings is 1. The largest absolute Gasteiger partial charge is 0.342 e. The number of carbonyl (C=O) groups excluding carboxylic acids is 2. The molecule has 0 aliphatic rings. The summed E-state index contributed by atoms with van der Waals surface area (Å²) in [6.45, 7) is 7.56. The van der Waals surface area contributed by atoms with Crippen LogP contribution in [0.3, 0.4) is 0 Å². The number of carbonyl (C=O) groups is 2. The maximum atomic E-state index is 11.7. The molecule has 6 nitrogen and oxygen atoms in total. The van der Waals surface area contributed by atoms with Gasteiger partial charge in [-0.3, -0.25) is 4.79 Å². The fourth-order valence-corrected chi connectivity index (χ4v) is 2.41. The summed E-state index contributed by atoms with van der Waals surface area (Å²) in [6, 6.07) is -0.350. The molecule has 1 aromatic heterocycles.